The monoisotopic (exact) mass is 484 g/mol. The van der Waals surface area contributed by atoms with Gasteiger partial charge in [-0.15, -0.1) is 0 Å². The lowest BCUT2D eigenvalue weighted by atomic mass is 10.1. The van der Waals surface area contributed by atoms with Crippen molar-refractivity contribution in [2.24, 2.45) is 0 Å². The molecule has 2 N–H and O–H groups in total. The minimum atomic E-state index is -1.12. The number of nitrogens with zero attached hydrogens (tertiary/aromatic N) is 1. The first-order valence-electron chi connectivity index (χ1n) is 10.4. The van der Waals surface area contributed by atoms with Crippen molar-refractivity contribution in [3.63, 3.8) is 0 Å². The standard InChI is InChI=1S/C24H24N2O7S/c1-4-32-19-10-16(8-9-18(19)33-13-22(28)29)11-20-23(30)26(24(31)34-20)12-21(27)25-17-7-5-6-14(2)15(17)3/h5-11H,4,12-13H2,1-3H3,(H,25,27)(H,28,29)/b20-11+. The van der Waals surface area contributed by atoms with Crippen LogP contribution in [-0.2, 0) is 14.4 Å². The smallest absolute Gasteiger partial charge is 0.341 e. The molecule has 0 unspecified atom stereocenters. The molecular weight excluding hydrogens is 460 g/mol. The van der Waals surface area contributed by atoms with Gasteiger partial charge < -0.3 is 19.9 Å². The number of carbonyl (C=O) groups is 4. The van der Waals surface area contributed by atoms with E-state index in [1.54, 1.807) is 25.1 Å². The van der Waals surface area contributed by atoms with Gasteiger partial charge in [0, 0.05) is 5.69 Å². The molecule has 0 aliphatic carbocycles. The summed E-state index contributed by atoms with van der Waals surface area (Å²) in [7, 11) is 0. The largest absolute Gasteiger partial charge is 0.490 e. The maximum atomic E-state index is 12.8. The predicted molar refractivity (Wildman–Crippen MR) is 128 cm³/mol. The number of rotatable bonds is 9. The zero-order valence-electron chi connectivity index (χ0n) is 18.9. The average Bonchev–Trinajstić information content (AvgIpc) is 3.04. The maximum Gasteiger partial charge on any atom is 0.341 e. The van der Waals surface area contributed by atoms with Gasteiger partial charge >= 0.3 is 5.97 Å². The van der Waals surface area contributed by atoms with E-state index in [2.05, 4.69) is 5.32 Å². The van der Waals surface area contributed by atoms with Gasteiger partial charge in [0.05, 0.1) is 11.5 Å². The second kappa shape index (κ2) is 10.9. The molecule has 0 spiro atoms. The van der Waals surface area contributed by atoms with Crippen molar-refractivity contribution in [1.29, 1.82) is 0 Å². The number of nitrogens with one attached hydrogen (secondary N) is 1. The molecule has 2 aromatic rings. The summed E-state index contributed by atoms with van der Waals surface area (Å²) < 4.78 is 10.7. The van der Waals surface area contributed by atoms with Crippen LogP contribution in [0.2, 0.25) is 0 Å². The molecule has 0 bridgehead atoms. The Labute approximate surface area is 200 Å². The van der Waals surface area contributed by atoms with Crippen LogP contribution in [-0.4, -0.2) is 52.8 Å². The van der Waals surface area contributed by atoms with E-state index in [-0.39, 0.29) is 10.7 Å². The van der Waals surface area contributed by atoms with Gasteiger partial charge in [-0.2, -0.15) is 0 Å². The van der Waals surface area contributed by atoms with E-state index < -0.39 is 36.2 Å². The Kier molecular flexibility index (Phi) is 7.95. The van der Waals surface area contributed by atoms with Crippen LogP contribution in [0.1, 0.15) is 23.6 Å². The van der Waals surface area contributed by atoms with Crippen LogP contribution in [0.4, 0.5) is 10.5 Å². The minimum absolute atomic E-state index is 0.159. The number of benzene rings is 2. The summed E-state index contributed by atoms with van der Waals surface area (Å²) >= 11 is 0.737. The van der Waals surface area contributed by atoms with Crippen molar-refractivity contribution < 1.29 is 33.8 Å². The fraction of sp³-hybridized carbons (Fsp3) is 0.250. The first-order chi connectivity index (χ1) is 16.2. The van der Waals surface area contributed by atoms with Crippen LogP contribution in [0, 0.1) is 13.8 Å². The Morgan fingerprint density at radius 1 is 1.12 bits per heavy atom. The second-order valence-electron chi connectivity index (χ2n) is 7.39. The predicted octanol–water partition coefficient (Wildman–Crippen LogP) is 3.84. The Balaban J connectivity index is 1.73. The number of ether oxygens (including phenoxy) is 2. The van der Waals surface area contributed by atoms with E-state index in [0.29, 0.717) is 23.6 Å². The first-order valence-corrected chi connectivity index (χ1v) is 11.2. The topological polar surface area (TPSA) is 122 Å². The zero-order valence-corrected chi connectivity index (χ0v) is 19.7. The molecule has 1 aliphatic heterocycles. The number of anilines is 1. The van der Waals surface area contributed by atoms with Crippen LogP contribution < -0.4 is 14.8 Å². The molecule has 178 valence electrons. The van der Waals surface area contributed by atoms with Gasteiger partial charge in [-0.25, -0.2) is 4.79 Å². The maximum absolute atomic E-state index is 12.8. The van der Waals surface area contributed by atoms with Crippen molar-refractivity contribution >= 4 is 46.5 Å². The van der Waals surface area contributed by atoms with Gasteiger partial charge in [0.1, 0.15) is 6.54 Å². The highest BCUT2D eigenvalue weighted by atomic mass is 32.2. The van der Waals surface area contributed by atoms with Crippen LogP contribution in [0.15, 0.2) is 41.3 Å². The molecule has 0 saturated carbocycles. The Bertz CT molecular complexity index is 1180. The van der Waals surface area contributed by atoms with E-state index >= 15 is 0 Å². The number of aryl methyl sites for hydroxylation is 1. The quantitative estimate of drug-likeness (QED) is 0.515. The van der Waals surface area contributed by atoms with Crippen molar-refractivity contribution in [2.75, 3.05) is 25.1 Å². The van der Waals surface area contributed by atoms with Crippen molar-refractivity contribution in [1.82, 2.24) is 4.90 Å². The van der Waals surface area contributed by atoms with E-state index in [9.17, 15) is 19.2 Å². The number of carboxylic acid groups (broad SMARTS) is 1. The normalized spacial score (nSPS) is 14.4. The number of aliphatic carboxylic acids is 1. The van der Waals surface area contributed by atoms with E-state index in [4.69, 9.17) is 14.6 Å². The highest BCUT2D eigenvalue weighted by Gasteiger charge is 2.36. The summed E-state index contributed by atoms with van der Waals surface area (Å²) in [5.74, 6) is -1.62. The summed E-state index contributed by atoms with van der Waals surface area (Å²) in [5, 5.41) is 11.0. The Hall–Kier alpha value is -3.79. The highest BCUT2D eigenvalue weighted by molar-refractivity contribution is 8.18. The third kappa shape index (κ3) is 5.96. The number of amides is 3. The zero-order chi connectivity index (χ0) is 24.8. The molecule has 3 rings (SSSR count). The van der Waals surface area contributed by atoms with Gasteiger partial charge in [0.25, 0.3) is 11.1 Å². The summed E-state index contributed by atoms with van der Waals surface area (Å²) in [5.41, 5.74) is 3.10. The Morgan fingerprint density at radius 2 is 1.88 bits per heavy atom. The average molecular weight is 485 g/mol. The number of carbonyl (C=O) groups excluding carboxylic acids is 3. The molecule has 1 heterocycles. The molecule has 0 aromatic heterocycles. The van der Waals surface area contributed by atoms with Gasteiger partial charge in [-0.05, 0) is 73.5 Å². The summed E-state index contributed by atoms with van der Waals surface area (Å²) in [6, 6.07) is 10.2. The van der Waals surface area contributed by atoms with Gasteiger partial charge in [0.2, 0.25) is 5.91 Å². The lowest BCUT2D eigenvalue weighted by molar-refractivity contribution is -0.139. The van der Waals surface area contributed by atoms with Gasteiger partial charge in [-0.1, -0.05) is 18.2 Å². The molecule has 1 aliphatic rings. The number of hydrogen-bond acceptors (Lipinski definition) is 7. The molecule has 2 aromatic carbocycles. The summed E-state index contributed by atoms with van der Waals surface area (Å²) in [6.45, 7) is 4.96. The minimum Gasteiger partial charge on any atom is -0.490 e. The first kappa shape index (κ1) is 24.8. The third-order valence-electron chi connectivity index (χ3n) is 4.97. The molecule has 0 atom stereocenters. The van der Waals surface area contributed by atoms with Crippen LogP contribution in [0.5, 0.6) is 11.5 Å². The van der Waals surface area contributed by atoms with Crippen molar-refractivity contribution in [3.05, 3.63) is 58.0 Å². The molecule has 1 fully saturated rings. The fourth-order valence-corrected chi connectivity index (χ4v) is 3.99. The lowest BCUT2D eigenvalue weighted by Crippen LogP contribution is -2.36. The van der Waals surface area contributed by atoms with E-state index in [0.717, 1.165) is 27.8 Å². The molecule has 34 heavy (non-hydrogen) atoms. The van der Waals surface area contributed by atoms with Crippen LogP contribution in [0.25, 0.3) is 6.08 Å². The van der Waals surface area contributed by atoms with E-state index in [1.165, 1.54) is 12.1 Å². The van der Waals surface area contributed by atoms with Crippen molar-refractivity contribution in [3.8, 4) is 11.5 Å². The highest BCUT2D eigenvalue weighted by Crippen LogP contribution is 2.34. The second-order valence-corrected chi connectivity index (χ2v) is 8.38. The molecule has 3 amide bonds. The fourth-order valence-electron chi connectivity index (χ4n) is 3.15. The number of carboxylic acids is 1. The number of hydrogen-bond donors (Lipinski definition) is 2. The molecule has 0 radical (unpaired) electrons. The molecule has 10 heteroatoms. The SMILES string of the molecule is CCOc1cc(/C=C2/SC(=O)N(CC(=O)Nc3cccc(C)c3C)C2=O)ccc1OCC(=O)O. The molecule has 9 nitrogen and oxygen atoms in total. The van der Waals surface area contributed by atoms with Gasteiger partial charge in [-0.3, -0.25) is 19.3 Å². The number of imide groups is 1. The molecule has 1 saturated heterocycles. The number of thioether (sulfide) groups is 1. The Morgan fingerprint density at radius 3 is 2.59 bits per heavy atom. The van der Waals surface area contributed by atoms with Crippen molar-refractivity contribution in [2.45, 2.75) is 20.8 Å². The summed E-state index contributed by atoms with van der Waals surface area (Å²) in [6.07, 6.45) is 1.51. The van der Waals surface area contributed by atoms with Crippen LogP contribution >= 0.6 is 11.8 Å². The third-order valence-corrected chi connectivity index (χ3v) is 5.88. The molecular formula is C24H24N2O7S. The lowest BCUT2D eigenvalue weighted by Gasteiger charge is -2.14. The van der Waals surface area contributed by atoms with Crippen LogP contribution in [0.3, 0.4) is 0 Å². The van der Waals surface area contributed by atoms with Gasteiger partial charge in [0.15, 0.2) is 18.1 Å². The van der Waals surface area contributed by atoms with E-state index in [1.807, 2.05) is 26.0 Å². The summed E-state index contributed by atoms with van der Waals surface area (Å²) in [4.78, 5) is 49.5.